The molecule has 1 unspecified atom stereocenters. The van der Waals surface area contributed by atoms with Crippen LogP contribution in [-0.4, -0.2) is 50.1 Å². The van der Waals surface area contributed by atoms with Crippen LogP contribution in [0.15, 0.2) is 24.3 Å². The lowest BCUT2D eigenvalue weighted by atomic mass is 9.72. The number of nitrogens with one attached hydrogen (secondary N) is 1. The number of carbonyl (C=O) groups is 2. The van der Waals surface area contributed by atoms with Gasteiger partial charge in [0.15, 0.2) is 0 Å². The second-order valence-electron chi connectivity index (χ2n) is 6.88. The summed E-state index contributed by atoms with van der Waals surface area (Å²) >= 11 is 0. The molecule has 5 nitrogen and oxygen atoms in total. The van der Waals surface area contributed by atoms with E-state index in [1.807, 2.05) is 29.2 Å². The van der Waals surface area contributed by atoms with Gasteiger partial charge in [-0.15, -0.1) is 0 Å². The van der Waals surface area contributed by atoms with Crippen molar-refractivity contribution in [2.45, 2.75) is 26.2 Å². The lowest BCUT2D eigenvalue weighted by molar-refractivity contribution is -0.129. The highest BCUT2D eigenvalue weighted by molar-refractivity contribution is 5.95. The van der Waals surface area contributed by atoms with Gasteiger partial charge in [-0.2, -0.15) is 0 Å². The molecular weight excluding hydrogens is 304 g/mol. The molecule has 0 aromatic heterocycles. The Morgan fingerprint density at radius 1 is 1.25 bits per heavy atom. The molecule has 1 aromatic rings. The molecule has 2 saturated heterocycles. The quantitative estimate of drug-likeness (QED) is 0.920. The number of ether oxygens (including phenoxy) is 1. The van der Waals surface area contributed by atoms with Gasteiger partial charge in [0.25, 0.3) is 5.91 Å². The van der Waals surface area contributed by atoms with E-state index in [0.29, 0.717) is 31.9 Å². The highest BCUT2D eigenvalue weighted by Gasteiger charge is 2.51. The lowest BCUT2D eigenvalue weighted by Gasteiger charge is -2.36. The summed E-state index contributed by atoms with van der Waals surface area (Å²) in [5, 5.41) is 2.78. The average Bonchev–Trinajstić information content (AvgIpc) is 2.99. The summed E-state index contributed by atoms with van der Waals surface area (Å²) in [4.78, 5) is 27.1. The van der Waals surface area contributed by atoms with Crippen LogP contribution in [0.1, 0.15) is 35.7 Å². The molecule has 1 atom stereocenters. The highest BCUT2D eigenvalue weighted by Crippen LogP contribution is 2.44. The normalized spacial score (nSPS) is 22.6. The third-order valence-corrected chi connectivity index (χ3v) is 5.60. The van der Waals surface area contributed by atoms with E-state index in [1.165, 1.54) is 5.56 Å². The van der Waals surface area contributed by atoms with Crippen LogP contribution in [-0.2, 0) is 16.0 Å². The van der Waals surface area contributed by atoms with E-state index in [2.05, 4.69) is 12.2 Å². The summed E-state index contributed by atoms with van der Waals surface area (Å²) in [6.07, 6.45) is 2.63. The maximum Gasteiger partial charge on any atom is 0.253 e. The first-order valence-electron chi connectivity index (χ1n) is 8.77. The fourth-order valence-corrected chi connectivity index (χ4v) is 4.01. The minimum absolute atomic E-state index is 0.0231. The number of hydrogen-bond donors (Lipinski definition) is 1. The number of carbonyl (C=O) groups excluding carboxylic acids is 2. The van der Waals surface area contributed by atoms with Gasteiger partial charge in [0, 0.05) is 44.3 Å². The molecule has 3 rings (SSSR count). The molecule has 1 spiro atoms. The van der Waals surface area contributed by atoms with Gasteiger partial charge in [-0.1, -0.05) is 19.1 Å². The van der Waals surface area contributed by atoms with Gasteiger partial charge in [-0.05, 0) is 37.0 Å². The summed E-state index contributed by atoms with van der Waals surface area (Å²) in [7, 11) is 1.67. The molecule has 5 heteroatoms. The maximum absolute atomic E-state index is 12.9. The summed E-state index contributed by atoms with van der Waals surface area (Å²) in [6.45, 7) is 4.57. The van der Waals surface area contributed by atoms with E-state index >= 15 is 0 Å². The predicted molar refractivity (Wildman–Crippen MR) is 91.8 cm³/mol. The largest absolute Gasteiger partial charge is 0.381 e. The zero-order chi connectivity index (χ0) is 17.2. The molecule has 0 saturated carbocycles. The second-order valence-corrected chi connectivity index (χ2v) is 6.88. The van der Waals surface area contributed by atoms with E-state index in [0.717, 1.165) is 19.3 Å². The molecule has 2 aliphatic rings. The Morgan fingerprint density at radius 2 is 1.92 bits per heavy atom. The molecule has 2 fully saturated rings. The second kappa shape index (κ2) is 6.93. The first-order chi connectivity index (χ1) is 11.6. The van der Waals surface area contributed by atoms with Crippen molar-refractivity contribution in [1.29, 1.82) is 0 Å². The van der Waals surface area contributed by atoms with E-state index in [9.17, 15) is 9.59 Å². The van der Waals surface area contributed by atoms with Gasteiger partial charge in [-0.25, -0.2) is 0 Å². The van der Waals surface area contributed by atoms with E-state index in [4.69, 9.17) is 4.74 Å². The van der Waals surface area contributed by atoms with Crippen LogP contribution >= 0.6 is 0 Å². The summed E-state index contributed by atoms with van der Waals surface area (Å²) < 4.78 is 5.49. The molecule has 0 bridgehead atoms. The van der Waals surface area contributed by atoms with Gasteiger partial charge in [0.2, 0.25) is 5.91 Å². The Hall–Kier alpha value is -1.88. The van der Waals surface area contributed by atoms with Gasteiger partial charge in [-0.3, -0.25) is 9.59 Å². The molecular formula is C19H26N2O3. The minimum Gasteiger partial charge on any atom is -0.381 e. The molecule has 130 valence electrons. The lowest BCUT2D eigenvalue weighted by Crippen LogP contribution is -2.43. The zero-order valence-electron chi connectivity index (χ0n) is 14.5. The Balaban J connectivity index is 1.81. The van der Waals surface area contributed by atoms with Crippen molar-refractivity contribution in [2.75, 3.05) is 33.4 Å². The molecule has 24 heavy (non-hydrogen) atoms. The number of nitrogens with zero attached hydrogens (tertiary/aromatic N) is 1. The van der Waals surface area contributed by atoms with Gasteiger partial charge < -0.3 is 15.0 Å². The minimum atomic E-state index is -0.148. The van der Waals surface area contributed by atoms with Crippen molar-refractivity contribution in [3.05, 3.63) is 35.4 Å². The summed E-state index contributed by atoms with van der Waals surface area (Å²) in [5.41, 5.74) is 1.78. The molecule has 0 radical (unpaired) electrons. The Morgan fingerprint density at radius 3 is 2.50 bits per heavy atom. The molecule has 2 heterocycles. The van der Waals surface area contributed by atoms with E-state index in [-0.39, 0.29) is 23.1 Å². The fourth-order valence-electron chi connectivity index (χ4n) is 4.01. The number of likely N-dealkylation sites (tertiary alicyclic amines) is 1. The predicted octanol–water partition coefficient (Wildman–Crippen LogP) is 1.86. The zero-order valence-corrected chi connectivity index (χ0v) is 14.5. The van der Waals surface area contributed by atoms with Crippen LogP contribution in [0, 0.1) is 11.3 Å². The molecule has 2 aliphatic heterocycles. The Bertz CT molecular complexity index is 606. The Kier molecular flexibility index (Phi) is 4.90. The third-order valence-electron chi connectivity index (χ3n) is 5.60. The molecule has 2 amide bonds. The van der Waals surface area contributed by atoms with Crippen molar-refractivity contribution in [1.82, 2.24) is 10.2 Å². The van der Waals surface area contributed by atoms with Crippen molar-refractivity contribution < 1.29 is 14.3 Å². The van der Waals surface area contributed by atoms with Crippen LogP contribution in [0.2, 0.25) is 0 Å². The first-order valence-corrected chi connectivity index (χ1v) is 8.77. The number of rotatable bonds is 3. The standard InChI is InChI=1S/C19H26N2O3/c1-3-14-4-6-15(7-5-14)18(23)21-12-16(17(22)20-2)19(13-21)8-10-24-11-9-19/h4-7,16H,3,8-13H2,1-2H3,(H,20,22). The maximum atomic E-state index is 12.9. The molecule has 0 aliphatic carbocycles. The van der Waals surface area contributed by atoms with E-state index in [1.54, 1.807) is 7.05 Å². The van der Waals surface area contributed by atoms with Crippen LogP contribution in [0.3, 0.4) is 0 Å². The first kappa shape index (κ1) is 17.0. The monoisotopic (exact) mass is 330 g/mol. The number of hydrogen-bond acceptors (Lipinski definition) is 3. The van der Waals surface area contributed by atoms with Crippen LogP contribution in [0.25, 0.3) is 0 Å². The summed E-state index contributed by atoms with van der Waals surface area (Å²) in [6, 6.07) is 7.80. The SMILES string of the molecule is CCc1ccc(C(=O)N2CC(C(=O)NC)C3(CCOCC3)C2)cc1. The summed E-state index contributed by atoms with van der Waals surface area (Å²) in [5.74, 6) is -0.0891. The van der Waals surface area contributed by atoms with Crippen LogP contribution in [0.4, 0.5) is 0 Å². The smallest absolute Gasteiger partial charge is 0.253 e. The van der Waals surface area contributed by atoms with Crippen molar-refractivity contribution >= 4 is 11.8 Å². The van der Waals surface area contributed by atoms with E-state index < -0.39 is 0 Å². The Labute approximate surface area is 143 Å². The average molecular weight is 330 g/mol. The van der Waals surface area contributed by atoms with Gasteiger partial charge >= 0.3 is 0 Å². The van der Waals surface area contributed by atoms with Crippen LogP contribution < -0.4 is 5.32 Å². The van der Waals surface area contributed by atoms with Crippen LogP contribution in [0.5, 0.6) is 0 Å². The fraction of sp³-hybridized carbons (Fsp3) is 0.579. The van der Waals surface area contributed by atoms with Crippen molar-refractivity contribution in [3.8, 4) is 0 Å². The third kappa shape index (κ3) is 3.05. The number of amides is 2. The van der Waals surface area contributed by atoms with Crippen molar-refractivity contribution in [2.24, 2.45) is 11.3 Å². The number of aryl methyl sites for hydroxylation is 1. The van der Waals surface area contributed by atoms with Crippen molar-refractivity contribution in [3.63, 3.8) is 0 Å². The topological polar surface area (TPSA) is 58.6 Å². The van der Waals surface area contributed by atoms with Gasteiger partial charge in [0.1, 0.15) is 0 Å². The number of benzene rings is 1. The highest BCUT2D eigenvalue weighted by atomic mass is 16.5. The molecule has 1 N–H and O–H groups in total. The van der Waals surface area contributed by atoms with Gasteiger partial charge in [0.05, 0.1) is 5.92 Å². The molecule has 1 aromatic carbocycles.